The Hall–Kier alpha value is -2.20. The summed E-state index contributed by atoms with van der Waals surface area (Å²) < 4.78 is 0.611. The van der Waals surface area contributed by atoms with Crippen molar-refractivity contribution in [3.8, 4) is 0 Å². The summed E-state index contributed by atoms with van der Waals surface area (Å²) in [5, 5.41) is 10.7. The van der Waals surface area contributed by atoms with Crippen molar-refractivity contribution in [1.82, 2.24) is 15.8 Å². The number of thiocarbonyl (C=S) groups is 1. The molecule has 2 amide bonds. The van der Waals surface area contributed by atoms with Crippen LogP contribution in [0.5, 0.6) is 0 Å². The van der Waals surface area contributed by atoms with E-state index in [1.54, 1.807) is 0 Å². The van der Waals surface area contributed by atoms with E-state index in [1.807, 2.05) is 18.7 Å². The third kappa shape index (κ3) is 6.13. The van der Waals surface area contributed by atoms with Crippen molar-refractivity contribution in [2.75, 3.05) is 18.8 Å². The maximum Gasteiger partial charge on any atom is 0.270 e. The number of nitrogens with one attached hydrogen (secondary N) is 2. The van der Waals surface area contributed by atoms with Crippen molar-refractivity contribution in [3.05, 3.63) is 39.9 Å². The molecule has 0 saturated carbocycles. The predicted molar refractivity (Wildman–Crippen MR) is 96.7 cm³/mol. The van der Waals surface area contributed by atoms with E-state index >= 15 is 0 Å². The highest BCUT2D eigenvalue weighted by Gasteiger charge is 2.13. The number of carbonyl (C=O) groups is 2. The van der Waals surface area contributed by atoms with Crippen LogP contribution in [0.15, 0.2) is 24.3 Å². The van der Waals surface area contributed by atoms with Crippen molar-refractivity contribution in [2.45, 2.75) is 13.8 Å². The highest BCUT2D eigenvalue weighted by Crippen LogP contribution is 2.12. The highest BCUT2D eigenvalue weighted by molar-refractivity contribution is 8.23. The first-order valence-corrected chi connectivity index (χ1v) is 8.53. The molecule has 10 heteroatoms. The van der Waals surface area contributed by atoms with Crippen LogP contribution in [0, 0.1) is 10.1 Å². The van der Waals surface area contributed by atoms with Gasteiger partial charge in [0.15, 0.2) is 0 Å². The summed E-state index contributed by atoms with van der Waals surface area (Å²) in [7, 11) is 0. The molecule has 0 bridgehead atoms. The van der Waals surface area contributed by atoms with Gasteiger partial charge in [-0.05, 0) is 19.9 Å². The lowest BCUT2D eigenvalue weighted by atomic mass is 10.2. The number of nitro benzene ring substituents is 1. The number of nitro groups is 1. The molecular formula is C14H18N4O4S2. The molecule has 0 atom stereocenters. The standard InChI is InChI=1S/C14H18N4O4S2/c1-3-17(4-2)14(23)24-9-12(19)15-16-13(20)10-6-5-7-11(8-10)18(21)22/h5-8H,3-4,9H2,1-2H3,(H,15,19)(H,16,20). The average Bonchev–Trinajstić information content (AvgIpc) is 2.58. The molecule has 0 saturated heterocycles. The van der Waals surface area contributed by atoms with Crippen LogP contribution in [0.4, 0.5) is 5.69 Å². The lowest BCUT2D eigenvalue weighted by Gasteiger charge is -2.20. The van der Waals surface area contributed by atoms with Gasteiger partial charge >= 0.3 is 0 Å². The molecule has 8 nitrogen and oxygen atoms in total. The number of amides is 2. The molecule has 1 aromatic carbocycles. The Morgan fingerprint density at radius 3 is 2.54 bits per heavy atom. The lowest BCUT2D eigenvalue weighted by Crippen LogP contribution is -2.43. The minimum absolute atomic E-state index is 0.0601. The Kier molecular flexibility index (Phi) is 8.13. The van der Waals surface area contributed by atoms with Gasteiger partial charge in [0.2, 0.25) is 5.91 Å². The van der Waals surface area contributed by atoms with Gasteiger partial charge in [0, 0.05) is 30.8 Å². The van der Waals surface area contributed by atoms with Gasteiger partial charge in [0.25, 0.3) is 11.6 Å². The maximum atomic E-state index is 11.9. The van der Waals surface area contributed by atoms with Gasteiger partial charge < -0.3 is 4.90 Å². The second-order valence-electron chi connectivity index (χ2n) is 4.54. The van der Waals surface area contributed by atoms with Gasteiger partial charge in [-0.25, -0.2) is 0 Å². The molecule has 1 aromatic rings. The van der Waals surface area contributed by atoms with Crippen molar-refractivity contribution in [3.63, 3.8) is 0 Å². The third-order valence-electron chi connectivity index (χ3n) is 2.98. The topological polar surface area (TPSA) is 105 Å². The van der Waals surface area contributed by atoms with Crippen LogP contribution < -0.4 is 10.9 Å². The Labute approximate surface area is 149 Å². The van der Waals surface area contributed by atoms with E-state index in [4.69, 9.17) is 12.2 Å². The number of benzene rings is 1. The number of non-ortho nitro benzene ring substituents is 1. The molecule has 0 unspecified atom stereocenters. The fraction of sp³-hybridized carbons (Fsp3) is 0.357. The number of rotatable bonds is 6. The SMILES string of the molecule is CCN(CC)C(=S)SCC(=O)NNC(=O)c1cccc([N+](=O)[O-])c1. The second kappa shape index (κ2) is 9.83. The van der Waals surface area contributed by atoms with E-state index in [0.29, 0.717) is 4.32 Å². The Morgan fingerprint density at radius 1 is 1.29 bits per heavy atom. The number of carbonyl (C=O) groups excluding carboxylic acids is 2. The summed E-state index contributed by atoms with van der Waals surface area (Å²) in [4.78, 5) is 35.6. The van der Waals surface area contributed by atoms with Crippen LogP contribution in [0.1, 0.15) is 24.2 Å². The molecule has 0 heterocycles. The van der Waals surface area contributed by atoms with Gasteiger partial charge in [-0.15, -0.1) is 0 Å². The quantitative estimate of drug-likeness (QED) is 0.446. The first kappa shape index (κ1) is 19.8. The summed E-state index contributed by atoms with van der Waals surface area (Å²) in [6, 6.07) is 5.22. The van der Waals surface area contributed by atoms with E-state index in [9.17, 15) is 19.7 Å². The zero-order valence-electron chi connectivity index (χ0n) is 13.3. The van der Waals surface area contributed by atoms with Crippen LogP contribution >= 0.6 is 24.0 Å². The monoisotopic (exact) mass is 370 g/mol. The Balaban J connectivity index is 2.47. The van der Waals surface area contributed by atoms with Crippen molar-refractivity contribution in [2.24, 2.45) is 0 Å². The van der Waals surface area contributed by atoms with Gasteiger partial charge in [-0.3, -0.25) is 30.6 Å². The number of nitrogens with zero attached hydrogens (tertiary/aromatic N) is 2. The summed E-state index contributed by atoms with van der Waals surface area (Å²) in [6.45, 7) is 5.45. The Morgan fingerprint density at radius 2 is 1.96 bits per heavy atom. The average molecular weight is 370 g/mol. The summed E-state index contributed by atoms with van der Waals surface area (Å²) in [5.41, 5.74) is 4.35. The highest BCUT2D eigenvalue weighted by atomic mass is 32.2. The summed E-state index contributed by atoms with van der Waals surface area (Å²) in [6.07, 6.45) is 0. The zero-order valence-corrected chi connectivity index (χ0v) is 14.9. The molecular weight excluding hydrogens is 352 g/mol. The molecule has 0 aliphatic carbocycles. The number of thioether (sulfide) groups is 1. The first-order chi connectivity index (χ1) is 11.4. The molecule has 1 rings (SSSR count). The zero-order chi connectivity index (χ0) is 18.1. The van der Waals surface area contributed by atoms with E-state index in [1.165, 1.54) is 30.0 Å². The summed E-state index contributed by atoms with van der Waals surface area (Å²) in [5.74, 6) is -0.999. The molecule has 130 valence electrons. The number of hydrogen-bond acceptors (Lipinski definition) is 6. The minimum Gasteiger partial charge on any atom is -0.358 e. The first-order valence-electron chi connectivity index (χ1n) is 7.14. The normalized spacial score (nSPS) is 9.92. The smallest absolute Gasteiger partial charge is 0.270 e. The molecule has 0 aliphatic heterocycles. The molecule has 0 aliphatic rings. The van der Waals surface area contributed by atoms with Gasteiger partial charge in [0.1, 0.15) is 4.32 Å². The van der Waals surface area contributed by atoms with Crippen LogP contribution in [-0.4, -0.2) is 44.8 Å². The fourth-order valence-electron chi connectivity index (χ4n) is 1.70. The molecule has 0 radical (unpaired) electrons. The van der Waals surface area contributed by atoms with Crippen LogP contribution in [0.2, 0.25) is 0 Å². The van der Waals surface area contributed by atoms with Crippen molar-refractivity contribution in [1.29, 1.82) is 0 Å². The second-order valence-corrected chi connectivity index (χ2v) is 6.15. The molecule has 24 heavy (non-hydrogen) atoms. The number of hydrogen-bond donors (Lipinski definition) is 2. The third-order valence-corrected chi connectivity index (χ3v) is 4.51. The maximum absolute atomic E-state index is 11.9. The Bertz CT molecular complexity index is 635. The molecule has 0 aromatic heterocycles. The summed E-state index contributed by atoms with van der Waals surface area (Å²) >= 11 is 6.40. The molecule has 0 fully saturated rings. The minimum atomic E-state index is -0.636. The van der Waals surface area contributed by atoms with Crippen LogP contribution in [0.25, 0.3) is 0 Å². The van der Waals surface area contributed by atoms with Gasteiger partial charge in [-0.2, -0.15) is 0 Å². The fourth-order valence-corrected chi connectivity index (χ4v) is 2.90. The van der Waals surface area contributed by atoms with E-state index in [0.717, 1.165) is 19.2 Å². The molecule has 2 N–H and O–H groups in total. The van der Waals surface area contributed by atoms with E-state index in [2.05, 4.69) is 10.9 Å². The van der Waals surface area contributed by atoms with E-state index < -0.39 is 16.7 Å². The lowest BCUT2D eigenvalue weighted by molar-refractivity contribution is -0.384. The van der Waals surface area contributed by atoms with Crippen LogP contribution in [-0.2, 0) is 4.79 Å². The van der Waals surface area contributed by atoms with Gasteiger partial charge in [0.05, 0.1) is 10.7 Å². The predicted octanol–water partition coefficient (Wildman–Crippen LogP) is 1.72. The number of hydrazine groups is 1. The van der Waals surface area contributed by atoms with Crippen molar-refractivity contribution < 1.29 is 14.5 Å². The van der Waals surface area contributed by atoms with Crippen molar-refractivity contribution >= 4 is 45.8 Å². The molecule has 0 spiro atoms. The van der Waals surface area contributed by atoms with E-state index in [-0.39, 0.29) is 17.0 Å². The van der Waals surface area contributed by atoms with Gasteiger partial charge in [-0.1, -0.05) is 30.0 Å². The largest absolute Gasteiger partial charge is 0.358 e. The van der Waals surface area contributed by atoms with Crippen LogP contribution in [0.3, 0.4) is 0 Å².